The Balaban J connectivity index is 2.32. The third kappa shape index (κ3) is 2.41. The van der Waals surface area contributed by atoms with Crippen LogP contribution in [-0.4, -0.2) is 43.9 Å². The van der Waals surface area contributed by atoms with Crippen LogP contribution in [0.2, 0.25) is 0 Å². The van der Waals surface area contributed by atoms with Crippen molar-refractivity contribution in [2.45, 2.75) is 17.1 Å². The lowest BCUT2D eigenvalue weighted by molar-refractivity contribution is 0.0572. The normalized spacial score (nSPS) is 24.5. The third-order valence-corrected chi connectivity index (χ3v) is 3.84. The summed E-state index contributed by atoms with van der Waals surface area (Å²) >= 11 is 0. The molecule has 18 heavy (non-hydrogen) atoms. The molecule has 0 aromatic heterocycles. The minimum absolute atomic E-state index is 0.0657. The average molecular weight is 273 g/mol. The Morgan fingerprint density at radius 3 is 2.22 bits per heavy atom. The Morgan fingerprint density at radius 1 is 1.22 bits per heavy atom. The maximum Gasteiger partial charge on any atom is 0.238 e. The molecule has 6 N–H and O–H groups in total. The van der Waals surface area contributed by atoms with Crippen molar-refractivity contribution in [3.05, 3.63) is 18.2 Å². The van der Waals surface area contributed by atoms with E-state index in [9.17, 15) is 18.6 Å². The number of β-amino-alcohol motifs (C(OH)–C–C–N with tert-alkyl or cyclic N) is 2. The summed E-state index contributed by atoms with van der Waals surface area (Å²) in [4.78, 5) is 1.63. The zero-order valence-corrected chi connectivity index (χ0v) is 10.3. The fourth-order valence-corrected chi connectivity index (χ4v) is 2.51. The first-order valence-corrected chi connectivity index (χ1v) is 6.87. The predicted molar refractivity (Wildman–Crippen MR) is 66.5 cm³/mol. The predicted octanol–water partition coefficient (Wildman–Crippen LogP) is -1.54. The molecular formula is C10H15N3O4S. The van der Waals surface area contributed by atoms with Gasteiger partial charge in [-0.2, -0.15) is 0 Å². The largest absolute Gasteiger partial charge is 0.397 e. The van der Waals surface area contributed by atoms with Crippen LogP contribution in [0.25, 0.3) is 0 Å². The van der Waals surface area contributed by atoms with Gasteiger partial charge in [-0.1, -0.05) is 0 Å². The fraction of sp³-hybridized carbons (Fsp3) is 0.400. The number of anilines is 2. The highest BCUT2D eigenvalue weighted by Gasteiger charge is 2.30. The van der Waals surface area contributed by atoms with Gasteiger partial charge in [0.2, 0.25) is 10.0 Å². The van der Waals surface area contributed by atoms with Crippen LogP contribution in [0.15, 0.2) is 23.1 Å². The van der Waals surface area contributed by atoms with Crippen molar-refractivity contribution < 1.29 is 18.6 Å². The van der Waals surface area contributed by atoms with E-state index < -0.39 is 22.2 Å². The van der Waals surface area contributed by atoms with Gasteiger partial charge in [0.25, 0.3) is 0 Å². The van der Waals surface area contributed by atoms with E-state index in [1.54, 1.807) is 4.90 Å². The number of aliphatic hydroxyl groups is 2. The molecule has 100 valence electrons. The second-order valence-corrected chi connectivity index (χ2v) is 5.87. The van der Waals surface area contributed by atoms with Gasteiger partial charge in [0.05, 0.1) is 28.5 Å². The lowest BCUT2D eigenvalue weighted by Crippen LogP contribution is -2.22. The molecule has 2 rings (SSSR count). The van der Waals surface area contributed by atoms with Crippen LogP contribution >= 0.6 is 0 Å². The van der Waals surface area contributed by atoms with E-state index >= 15 is 0 Å². The molecule has 1 aromatic rings. The topological polar surface area (TPSA) is 130 Å². The molecule has 7 nitrogen and oxygen atoms in total. The van der Waals surface area contributed by atoms with E-state index in [2.05, 4.69) is 0 Å². The van der Waals surface area contributed by atoms with E-state index in [1.165, 1.54) is 18.2 Å². The number of sulfonamides is 1. The number of nitrogens with zero attached hydrogens (tertiary/aromatic N) is 1. The van der Waals surface area contributed by atoms with Gasteiger partial charge in [0.1, 0.15) is 0 Å². The summed E-state index contributed by atoms with van der Waals surface area (Å²) in [5.74, 6) is 0. The van der Waals surface area contributed by atoms with Gasteiger partial charge in [0, 0.05) is 13.1 Å². The van der Waals surface area contributed by atoms with Crippen molar-refractivity contribution in [2.75, 3.05) is 23.7 Å². The minimum Gasteiger partial charge on any atom is -0.397 e. The van der Waals surface area contributed by atoms with Gasteiger partial charge in [0.15, 0.2) is 0 Å². The molecule has 1 saturated heterocycles. The van der Waals surface area contributed by atoms with Crippen LogP contribution < -0.4 is 15.8 Å². The molecule has 2 atom stereocenters. The number of nitrogen functional groups attached to an aromatic ring is 1. The first-order chi connectivity index (χ1) is 8.29. The van der Waals surface area contributed by atoms with Crippen LogP contribution in [0.5, 0.6) is 0 Å². The van der Waals surface area contributed by atoms with E-state index in [0.29, 0.717) is 5.69 Å². The monoisotopic (exact) mass is 273 g/mol. The zero-order chi connectivity index (χ0) is 13.5. The summed E-state index contributed by atoms with van der Waals surface area (Å²) < 4.78 is 22.3. The van der Waals surface area contributed by atoms with E-state index in [0.717, 1.165) is 0 Å². The van der Waals surface area contributed by atoms with Crippen molar-refractivity contribution in [2.24, 2.45) is 5.14 Å². The highest BCUT2D eigenvalue weighted by Crippen LogP contribution is 2.28. The van der Waals surface area contributed by atoms with Gasteiger partial charge in [-0.3, -0.25) is 0 Å². The molecule has 0 bridgehead atoms. The smallest absolute Gasteiger partial charge is 0.238 e. The Bertz CT molecular complexity index is 550. The first kappa shape index (κ1) is 13.1. The van der Waals surface area contributed by atoms with E-state index in [4.69, 9.17) is 10.9 Å². The maximum absolute atomic E-state index is 11.2. The van der Waals surface area contributed by atoms with Crippen molar-refractivity contribution in [3.8, 4) is 0 Å². The summed E-state index contributed by atoms with van der Waals surface area (Å²) in [5.41, 5.74) is 6.57. The van der Waals surface area contributed by atoms with Crippen LogP contribution in [-0.2, 0) is 10.0 Å². The molecule has 1 fully saturated rings. The summed E-state index contributed by atoms with van der Waals surface area (Å²) in [6.07, 6.45) is -1.66. The minimum atomic E-state index is -3.78. The van der Waals surface area contributed by atoms with E-state index in [1.807, 2.05) is 0 Å². The van der Waals surface area contributed by atoms with Gasteiger partial charge >= 0.3 is 0 Å². The highest BCUT2D eigenvalue weighted by atomic mass is 32.2. The van der Waals surface area contributed by atoms with Crippen LogP contribution in [0.4, 0.5) is 11.4 Å². The molecule has 0 amide bonds. The zero-order valence-electron chi connectivity index (χ0n) is 9.52. The van der Waals surface area contributed by atoms with E-state index in [-0.39, 0.29) is 23.7 Å². The molecule has 1 aliphatic heterocycles. The highest BCUT2D eigenvalue weighted by molar-refractivity contribution is 7.89. The van der Waals surface area contributed by atoms with Crippen LogP contribution in [0.1, 0.15) is 0 Å². The Kier molecular flexibility index (Phi) is 3.20. The number of rotatable bonds is 2. The number of hydrogen-bond acceptors (Lipinski definition) is 6. The van der Waals surface area contributed by atoms with Gasteiger partial charge in [-0.25, -0.2) is 13.6 Å². The molecule has 1 aromatic carbocycles. The van der Waals surface area contributed by atoms with Gasteiger partial charge in [-0.05, 0) is 18.2 Å². The van der Waals surface area contributed by atoms with Crippen molar-refractivity contribution in [1.29, 1.82) is 0 Å². The second-order valence-electron chi connectivity index (χ2n) is 4.31. The van der Waals surface area contributed by atoms with Crippen LogP contribution in [0, 0.1) is 0 Å². The number of primary sulfonamides is 1. The number of aliphatic hydroxyl groups excluding tert-OH is 2. The summed E-state index contributed by atoms with van der Waals surface area (Å²) in [7, 11) is -3.78. The molecule has 2 unspecified atom stereocenters. The van der Waals surface area contributed by atoms with Crippen molar-refractivity contribution in [1.82, 2.24) is 0 Å². The Morgan fingerprint density at radius 2 is 1.78 bits per heavy atom. The molecular weight excluding hydrogens is 258 g/mol. The number of benzene rings is 1. The standard InChI is InChI=1S/C10H15N3O4S/c11-7-3-6(18(12,16)17)1-2-8(7)13-4-9(14)10(15)5-13/h1-3,9-10,14-15H,4-5,11H2,(H2,12,16,17). The molecule has 1 aliphatic rings. The molecule has 0 aliphatic carbocycles. The van der Waals surface area contributed by atoms with Gasteiger partial charge < -0.3 is 20.8 Å². The van der Waals surface area contributed by atoms with Crippen molar-refractivity contribution >= 4 is 21.4 Å². The quantitative estimate of drug-likeness (QED) is 0.483. The Labute approximate surface area is 105 Å². The average Bonchev–Trinajstić information content (AvgIpc) is 2.57. The summed E-state index contributed by atoms with van der Waals surface area (Å²) in [5, 5.41) is 23.9. The fourth-order valence-electron chi connectivity index (χ4n) is 1.96. The maximum atomic E-state index is 11.2. The molecule has 8 heteroatoms. The molecule has 1 heterocycles. The van der Waals surface area contributed by atoms with Crippen molar-refractivity contribution in [3.63, 3.8) is 0 Å². The van der Waals surface area contributed by atoms with Crippen LogP contribution in [0.3, 0.4) is 0 Å². The van der Waals surface area contributed by atoms with Gasteiger partial charge in [-0.15, -0.1) is 0 Å². The third-order valence-electron chi connectivity index (χ3n) is 2.93. The first-order valence-electron chi connectivity index (χ1n) is 5.32. The lowest BCUT2D eigenvalue weighted by Gasteiger charge is -2.20. The second kappa shape index (κ2) is 4.39. The lowest BCUT2D eigenvalue weighted by atomic mass is 10.2. The molecule has 0 spiro atoms. The molecule has 0 radical (unpaired) electrons. The number of nitrogens with two attached hydrogens (primary N) is 2. The summed E-state index contributed by atoms with van der Waals surface area (Å²) in [6.45, 7) is 0.500. The SMILES string of the molecule is Nc1cc(S(N)(=O)=O)ccc1N1CC(O)C(O)C1. The Hall–Kier alpha value is -1.35. The molecule has 0 saturated carbocycles. The number of hydrogen-bond donors (Lipinski definition) is 4. The summed E-state index contributed by atoms with van der Waals surface area (Å²) in [6, 6.07) is 4.12.